The highest BCUT2D eigenvalue weighted by molar-refractivity contribution is 7.18. The van der Waals surface area contributed by atoms with Gasteiger partial charge in [-0.15, -0.1) is 22.7 Å². The van der Waals surface area contributed by atoms with Crippen molar-refractivity contribution in [1.29, 1.82) is 5.26 Å². The number of hydrogen-bond acceptors (Lipinski definition) is 7. The van der Waals surface area contributed by atoms with E-state index in [0.29, 0.717) is 28.0 Å². The zero-order valence-corrected chi connectivity index (χ0v) is 16.4. The van der Waals surface area contributed by atoms with Gasteiger partial charge in [0.25, 0.3) is 0 Å². The molecule has 0 aliphatic rings. The van der Waals surface area contributed by atoms with Crippen LogP contribution in [0.3, 0.4) is 0 Å². The van der Waals surface area contributed by atoms with Gasteiger partial charge in [0.15, 0.2) is 11.2 Å². The number of benzene rings is 2. The molecule has 5 nitrogen and oxygen atoms in total. The van der Waals surface area contributed by atoms with E-state index in [0.717, 1.165) is 31.3 Å². The van der Waals surface area contributed by atoms with Crippen LogP contribution in [-0.2, 0) is 0 Å². The fourth-order valence-electron chi connectivity index (χ4n) is 3.70. The normalized spacial score (nSPS) is 11.4. The number of fused-ring (bicyclic) bond motifs is 3. The van der Waals surface area contributed by atoms with Gasteiger partial charge in [-0.25, -0.2) is 9.61 Å². The summed E-state index contributed by atoms with van der Waals surface area (Å²) in [5.74, 6) is 0. The van der Waals surface area contributed by atoms with Gasteiger partial charge in [-0.2, -0.15) is 5.26 Å². The Hall–Kier alpha value is -3.60. The molecule has 0 aliphatic heterocycles. The molecule has 0 radical (unpaired) electrons. The molecule has 4 aromatic heterocycles. The zero-order valence-electron chi connectivity index (χ0n) is 14.8. The van der Waals surface area contributed by atoms with Crippen LogP contribution in [0.15, 0.2) is 63.9 Å². The van der Waals surface area contributed by atoms with Gasteiger partial charge < -0.3 is 0 Å². The number of hydrogen-bond donors (Lipinski definition) is 0. The first-order valence-electron chi connectivity index (χ1n) is 8.84. The quantitative estimate of drug-likeness (QED) is 0.337. The number of rotatable bonds is 2. The average molecular weight is 410 g/mol. The Kier molecular flexibility index (Phi) is 3.50. The van der Waals surface area contributed by atoms with Crippen molar-refractivity contribution < 1.29 is 4.63 Å². The lowest BCUT2D eigenvalue weighted by atomic mass is 9.99. The van der Waals surface area contributed by atoms with Gasteiger partial charge in [0.2, 0.25) is 0 Å². The molecule has 4 heterocycles. The lowest BCUT2D eigenvalue weighted by Gasteiger charge is -2.07. The second-order valence-corrected chi connectivity index (χ2v) is 8.37. The molecule has 0 saturated heterocycles. The van der Waals surface area contributed by atoms with Crippen LogP contribution < -0.4 is 0 Å². The summed E-state index contributed by atoms with van der Waals surface area (Å²) < 4.78 is 7.42. The van der Waals surface area contributed by atoms with E-state index in [4.69, 9.17) is 9.61 Å². The molecule has 0 saturated carbocycles. The van der Waals surface area contributed by atoms with E-state index in [9.17, 15) is 5.26 Å². The Morgan fingerprint density at radius 3 is 2.14 bits per heavy atom. The molecule has 0 unspecified atom stereocenters. The highest BCUT2D eigenvalue weighted by atomic mass is 32.1. The van der Waals surface area contributed by atoms with Gasteiger partial charge in [0.1, 0.15) is 17.3 Å². The predicted molar refractivity (Wildman–Crippen MR) is 116 cm³/mol. The van der Waals surface area contributed by atoms with Gasteiger partial charge in [0, 0.05) is 36.7 Å². The first-order valence-corrected chi connectivity index (χ1v) is 10.6. The SMILES string of the molecule is N#Cc1nc(-c2csc3ccccc23)c2nonc2c1-c1csc2ccccc12. The van der Waals surface area contributed by atoms with Crippen molar-refractivity contribution in [3.8, 4) is 28.5 Å². The summed E-state index contributed by atoms with van der Waals surface area (Å²) >= 11 is 3.27. The minimum atomic E-state index is 0.321. The second-order valence-electron chi connectivity index (χ2n) is 6.55. The fraction of sp³-hybridized carbons (Fsp3) is 0. The Balaban J connectivity index is 1.71. The lowest BCUT2D eigenvalue weighted by molar-refractivity contribution is 0.315. The molecule has 0 spiro atoms. The van der Waals surface area contributed by atoms with E-state index in [1.807, 2.05) is 41.1 Å². The van der Waals surface area contributed by atoms with Crippen LogP contribution in [0.4, 0.5) is 0 Å². The Morgan fingerprint density at radius 1 is 0.793 bits per heavy atom. The Morgan fingerprint density at radius 2 is 1.41 bits per heavy atom. The maximum atomic E-state index is 9.94. The van der Waals surface area contributed by atoms with Crippen LogP contribution in [0.5, 0.6) is 0 Å². The third-order valence-electron chi connectivity index (χ3n) is 5.00. The third kappa shape index (κ3) is 2.34. The summed E-state index contributed by atoms with van der Waals surface area (Å²) in [6, 6.07) is 18.5. The van der Waals surface area contributed by atoms with E-state index < -0.39 is 0 Å². The number of thiophene rings is 2. The van der Waals surface area contributed by atoms with E-state index in [1.165, 1.54) is 0 Å². The van der Waals surface area contributed by atoms with E-state index in [2.05, 4.69) is 34.6 Å². The molecule has 0 bridgehead atoms. The van der Waals surface area contributed by atoms with Gasteiger partial charge in [0.05, 0.1) is 5.56 Å². The Labute approximate surface area is 172 Å². The summed E-state index contributed by atoms with van der Waals surface area (Å²) in [6.45, 7) is 0. The number of nitriles is 1. The number of aromatic nitrogens is 3. The van der Waals surface area contributed by atoms with Crippen molar-refractivity contribution in [1.82, 2.24) is 15.3 Å². The van der Waals surface area contributed by atoms with E-state index >= 15 is 0 Å². The molecule has 7 heteroatoms. The first-order chi connectivity index (χ1) is 14.3. The van der Waals surface area contributed by atoms with Crippen LogP contribution in [0, 0.1) is 11.3 Å². The lowest BCUT2D eigenvalue weighted by Crippen LogP contribution is -1.95. The van der Waals surface area contributed by atoms with Gasteiger partial charge >= 0.3 is 0 Å². The van der Waals surface area contributed by atoms with Crippen molar-refractivity contribution in [2.75, 3.05) is 0 Å². The first kappa shape index (κ1) is 16.4. The molecule has 0 amide bonds. The highest BCUT2D eigenvalue weighted by Crippen LogP contribution is 2.42. The zero-order chi connectivity index (χ0) is 19.4. The predicted octanol–water partition coefficient (Wildman–Crippen LogP) is 6.25. The molecule has 0 aliphatic carbocycles. The van der Waals surface area contributed by atoms with Gasteiger partial charge in [-0.3, -0.25) is 0 Å². The molecule has 29 heavy (non-hydrogen) atoms. The molecule has 0 fully saturated rings. The smallest absolute Gasteiger partial charge is 0.162 e. The van der Waals surface area contributed by atoms with Crippen LogP contribution in [-0.4, -0.2) is 15.3 Å². The largest absolute Gasteiger partial charge is 0.243 e. The fourth-order valence-corrected chi connectivity index (χ4v) is 5.59. The summed E-state index contributed by atoms with van der Waals surface area (Å²) in [5.41, 5.74) is 4.61. The van der Waals surface area contributed by atoms with Crippen LogP contribution in [0.2, 0.25) is 0 Å². The van der Waals surface area contributed by atoms with Crippen LogP contribution in [0.25, 0.3) is 53.6 Å². The number of pyridine rings is 1. The standard InChI is InChI=1S/C22H10N4OS2/c23-9-16-19(14-10-28-17-7-3-1-5-12(14)17)21-22(26-27-25-21)20(24-16)15-11-29-18-8-4-2-6-13(15)18/h1-8,10-11H. The monoisotopic (exact) mass is 410 g/mol. The van der Waals surface area contributed by atoms with Crippen molar-refractivity contribution in [3.63, 3.8) is 0 Å². The molecular formula is C22H10N4OS2. The van der Waals surface area contributed by atoms with Crippen molar-refractivity contribution in [2.45, 2.75) is 0 Å². The number of nitrogens with zero attached hydrogens (tertiary/aromatic N) is 4. The summed E-state index contributed by atoms with van der Waals surface area (Å²) in [5, 5.41) is 24.5. The highest BCUT2D eigenvalue weighted by Gasteiger charge is 2.24. The van der Waals surface area contributed by atoms with E-state index in [1.54, 1.807) is 22.7 Å². The average Bonchev–Trinajstić information content (AvgIpc) is 3.50. The molecule has 2 aromatic carbocycles. The maximum absolute atomic E-state index is 9.94. The second kappa shape index (κ2) is 6.21. The summed E-state index contributed by atoms with van der Waals surface area (Å²) in [7, 11) is 0. The molecule has 6 rings (SSSR count). The van der Waals surface area contributed by atoms with Gasteiger partial charge in [-0.1, -0.05) is 36.4 Å². The molecule has 6 aromatic rings. The van der Waals surface area contributed by atoms with Crippen LogP contribution in [0.1, 0.15) is 5.69 Å². The van der Waals surface area contributed by atoms with Crippen molar-refractivity contribution in [2.24, 2.45) is 0 Å². The topological polar surface area (TPSA) is 75.6 Å². The van der Waals surface area contributed by atoms with Crippen molar-refractivity contribution >= 4 is 53.9 Å². The third-order valence-corrected chi connectivity index (χ3v) is 6.93. The van der Waals surface area contributed by atoms with Gasteiger partial charge in [-0.05, 0) is 27.8 Å². The molecular weight excluding hydrogens is 400 g/mol. The Bertz CT molecular complexity index is 1590. The van der Waals surface area contributed by atoms with Crippen molar-refractivity contribution in [3.05, 3.63) is 65.0 Å². The minimum absolute atomic E-state index is 0.321. The van der Waals surface area contributed by atoms with E-state index in [-0.39, 0.29) is 0 Å². The molecule has 0 N–H and O–H groups in total. The molecule has 0 atom stereocenters. The maximum Gasteiger partial charge on any atom is 0.162 e. The summed E-state index contributed by atoms with van der Waals surface area (Å²) in [4.78, 5) is 4.73. The minimum Gasteiger partial charge on any atom is -0.243 e. The molecule has 136 valence electrons. The van der Waals surface area contributed by atoms with Crippen LogP contribution >= 0.6 is 22.7 Å². The summed E-state index contributed by atoms with van der Waals surface area (Å²) in [6.07, 6.45) is 0.